The van der Waals surface area contributed by atoms with Crippen molar-refractivity contribution in [3.05, 3.63) is 47.0 Å². The molecule has 2 aliphatic heterocycles. The minimum Gasteiger partial charge on any atom is -0.481 e. The van der Waals surface area contributed by atoms with Crippen LogP contribution in [-0.4, -0.2) is 99.0 Å². The second-order valence-corrected chi connectivity index (χ2v) is 10.6. The highest BCUT2D eigenvalue weighted by Gasteiger charge is 2.26. The number of carboxylic acids is 1. The van der Waals surface area contributed by atoms with Gasteiger partial charge in [-0.2, -0.15) is 4.98 Å². The number of H-pyrrole nitrogens is 1. The molecule has 1 saturated heterocycles. The smallest absolute Gasteiger partial charge is 0.319 e. The molecule has 3 aromatic rings. The van der Waals surface area contributed by atoms with E-state index in [1.807, 2.05) is 35.2 Å². The number of rotatable bonds is 6. The third-order valence-corrected chi connectivity index (χ3v) is 7.46. The molecule has 2 aromatic heterocycles. The van der Waals surface area contributed by atoms with Crippen molar-refractivity contribution >= 4 is 46.2 Å². The summed E-state index contributed by atoms with van der Waals surface area (Å²) >= 11 is 6.60. The summed E-state index contributed by atoms with van der Waals surface area (Å²) in [6.07, 6.45) is 3.51. The number of pyridine rings is 1. The fraction of sp³-hybridized carbons (Fsp3) is 0.393. The summed E-state index contributed by atoms with van der Waals surface area (Å²) in [6.45, 7) is 2.14. The summed E-state index contributed by atoms with van der Waals surface area (Å²) in [5, 5.41) is 9.33. The first-order valence-corrected chi connectivity index (χ1v) is 13.5. The average molecular weight is 567 g/mol. The maximum Gasteiger partial charge on any atom is 0.319 e. The second kappa shape index (κ2) is 11.5. The molecule has 0 atom stereocenters. The maximum absolute atomic E-state index is 12.2. The van der Waals surface area contributed by atoms with Crippen molar-refractivity contribution in [3.8, 4) is 17.3 Å². The Hall–Kier alpha value is -4.12. The molecule has 0 bridgehead atoms. The van der Waals surface area contributed by atoms with E-state index in [1.165, 1.54) is 0 Å². The van der Waals surface area contributed by atoms with Crippen LogP contribution >= 0.6 is 11.6 Å². The van der Waals surface area contributed by atoms with Crippen LogP contribution < -0.4 is 4.74 Å². The molecule has 2 aliphatic rings. The van der Waals surface area contributed by atoms with Crippen molar-refractivity contribution in [2.45, 2.75) is 31.8 Å². The molecule has 40 heavy (non-hydrogen) atoms. The van der Waals surface area contributed by atoms with Gasteiger partial charge in [-0.25, -0.2) is 9.78 Å². The number of hydrogen-bond acceptors (Lipinski definition) is 6. The molecule has 11 nitrogen and oxygen atoms in total. The molecule has 210 valence electrons. The standard InChI is InChI=1S/C28H31ClN6O5/c1-33(2)28(39)35-13-9-20(10-14-35)40-27-30-22-15-21(29)25(31-26(22)32-27)19-5-3-17(4-6-19)18-7-11-34(12-8-18)23(36)16-24(37)38/h3-7,15,20H,8-14,16H2,1-2H3,(H,37,38)(H,30,31,32). The number of carbonyl (C=O) groups excluding carboxylic acids is 2. The highest BCUT2D eigenvalue weighted by atomic mass is 35.5. The highest BCUT2D eigenvalue weighted by Crippen LogP contribution is 2.32. The molecule has 12 heteroatoms. The van der Waals surface area contributed by atoms with E-state index in [0.717, 1.165) is 29.5 Å². The molecule has 3 amide bonds. The van der Waals surface area contributed by atoms with E-state index in [1.54, 1.807) is 30.0 Å². The van der Waals surface area contributed by atoms with Crippen molar-refractivity contribution in [2.24, 2.45) is 0 Å². The van der Waals surface area contributed by atoms with Gasteiger partial charge in [0.1, 0.15) is 12.5 Å². The summed E-state index contributed by atoms with van der Waals surface area (Å²) in [5.74, 6) is -1.49. The van der Waals surface area contributed by atoms with Gasteiger partial charge in [0.05, 0.1) is 16.2 Å². The number of ether oxygens (including phenoxy) is 1. The van der Waals surface area contributed by atoms with E-state index in [-0.39, 0.29) is 18.0 Å². The molecule has 1 fully saturated rings. The lowest BCUT2D eigenvalue weighted by atomic mass is 9.97. The number of carboxylic acid groups (broad SMARTS) is 1. The summed E-state index contributed by atoms with van der Waals surface area (Å²) in [4.78, 5) is 52.3. The molecule has 0 radical (unpaired) electrons. The minimum absolute atomic E-state index is 0.00757. The summed E-state index contributed by atoms with van der Waals surface area (Å²) in [5.41, 5.74) is 4.76. The number of nitrogens with one attached hydrogen (secondary N) is 1. The fourth-order valence-electron chi connectivity index (χ4n) is 5.00. The van der Waals surface area contributed by atoms with E-state index >= 15 is 0 Å². The predicted octanol–water partition coefficient (Wildman–Crippen LogP) is 3.89. The molecular formula is C28H31ClN6O5. The SMILES string of the molecule is CN(C)C(=O)N1CCC(Oc2nc3nc(-c4ccc(C5=CCN(C(=O)CC(=O)O)CC5)cc4)c(Cl)cc3[nH]2)CC1. The van der Waals surface area contributed by atoms with Crippen LogP contribution in [0, 0.1) is 0 Å². The molecule has 4 heterocycles. The number of aliphatic carboxylic acids is 1. The Balaban J connectivity index is 1.24. The Kier molecular flexibility index (Phi) is 7.92. The van der Waals surface area contributed by atoms with Crippen LogP contribution in [0.25, 0.3) is 28.0 Å². The molecule has 1 aromatic carbocycles. The van der Waals surface area contributed by atoms with E-state index < -0.39 is 12.4 Å². The van der Waals surface area contributed by atoms with Crippen LogP contribution in [0.4, 0.5) is 4.79 Å². The number of hydrogen-bond donors (Lipinski definition) is 2. The van der Waals surface area contributed by atoms with Crippen LogP contribution in [0.2, 0.25) is 5.02 Å². The maximum atomic E-state index is 12.2. The number of aromatic amines is 1. The molecule has 0 saturated carbocycles. The topological polar surface area (TPSA) is 132 Å². The van der Waals surface area contributed by atoms with Gasteiger partial charge < -0.3 is 29.5 Å². The Morgan fingerprint density at radius 2 is 1.77 bits per heavy atom. The largest absolute Gasteiger partial charge is 0.481 e. The molecule has 0 spiro atoms. The number of amides is 3. The van der Waals surface area contributed by atoms with Gasteiger partial charge in [-0.15, -0.1) is 0 Å². The number of aromatic nitrogens is 3. The summed E-state index contributed by atoms with van der Waals surface area (Å²) in [6, 6.07) is 10.1. The Bertz CT molecular complexity index is 1460. The summed E-state index contributed by atoms with van der Waals surface area (Å²) in [7, 11) is 3.50. The Morgan fingerprint density at radius 3 is 2.40 bits per heavy atom. The van der Waals surface area contributed by atoms with E-state index in [2.05, 4.69) is 15.0 Å². The molecule has 5 rings (SSSR count). The predicted molar refractivity (Wildman–Crippen MR) is 150 cm³/mol. The van der Waals surface area contributed by atoms with Gasteiger partial charge >= 0.3 is 12.0 Å². The van der Waals surface area contributed by atoms with Gasteiger partial charge in [-0.05, 0) is 23.6 Å². The van der Waals surface area contributed by atoms with E-state index in [4.69, 9.17) is 21.4 Å². The molecular weight excluding hydrogens is 536 g/mol. The number of piperidine rings is 1. The number of halogens is 1. The first-order chi connectivity index (χ1) is 19.2. The number of fused-ring (bicyclic) bond motifs is 1. The van der Waals surface area contributed by atoms with Gasteiger partial charge in [-0.3, -0.25) is 9.59 Å². The zero-order valence-corrected chi connectivity index (χ0v) is 23.1. The summed E-state index contributed by atoms with van der Waals surface area (Å²) < 4.78 is 6.08. The zero-order valence-electron chi connectivity index (χ0n) is 22.4. The normalized spacial score (nSPS) is 16.1. The zero-order chi connectivity index (χ0) is 28.4. The van der Waals surface area contributed by atoms with Gasteiger partial charge in [0.15, 0.2) is 5.65 Å². The lowest BCUT2D eigenvalue weighted by molar-refractivity contribution is -0.144. The van der Waals surface area contributed by atoms with Crippen molar-refractivity contribution in [1.29, 1.82) is 0 Å². The van der Waals surface area contributed by atoms with Crippen LogP contribution in [0.5, 0.6) is 6.01 Å². The Labute approximate surface area is 236 Å². The number of urea groups is 1. The Morgan fingerprint density at radius 1 is 1.07 bits per heavy atom. The third-order valence-electron chi connectivity index (χ3n) is 7.17. The van der Waals surface area contributed by atoms with Crippen molar-refractivity contribution < 1.29 is 24.2 Å². The van der Waals surface area contributed by atoms with Crippen LogP contribution in [-0.2, 0) is 9.59 Å². The molecule has 0 unspecified atom stereocenters. The van der Waals surface area contributed by atoms with Gasteiger partial charge in [0.25, 0.3) is 6.01 Å². The average Bonchev–Trinajstić information content (AvgIpc) is 3.33. The number of nitrogens with zero attached hydrogens (tertiary/aromatic N) is 5. The first-order valence-electron chi connectivity index (χ1n) is 13.2. The molecule has 0 aliphatic carbocycles. The highest BCUT2D eigenvalue weighted by molar-refractivity contribution is 6.33. The van der Waals surface area contributed by atoms with Crippen LogP contribution in [0.3, 0.4) is 0 Å². The first kappa shape index (κ1) is 27.4. The van der Waals surface area contributed by atoms with Crippen LogP contribution in [0.15, 0.2) is 36.4 Å². The molecule has 2 N–H and O–H groups in total. The van der Waals surface area contributed by atoms with E-state index in [9.17, 15) is 14.4 Å². The lowest BCUT2D eigenvalue weighted by Gasteiger charge is -2.33. The second-order valence-electron chi connectivity index (χ2n) is 10.2. The van der Waals surface area contributed by atoms with E-state index in [0.29, 0.717) is 60.5 Å². The van der Waals surface area contributed by atoms with Crippen LogP contribution in [0.1, 0.15) is 31.2 Å². The number of carbonyl (C=O) groups is 3. The minimum atomic E-state index is -1.12. The van der Waals surface area contributed by atoms with Gasteiger partial charge in [0, 0.05) is 58.7 Å². The fourth-order valence-corrected chi connectivity index (χ4v) is 5.26. The number of benzene rings is 1. The third kappa shape index (κ3) is 6.04. The van der Waals surface area contributed by atoms with Crippen molar-refractivity contribution in [1.82, 2.24) is 29.7 Å². The lowest BCUT2D eigenvalue weighted by Crippen LogP contribution is -2.46. The van der Waals surface area contributed by atoms with Crippen molar-refractivity contribution in [2.75, 3.05) is 40.3 Å². The number of likely N-dealkylation sites (tertiary alicyclic amines) is 1. The number of imidazole rings is 1. The quantitative estimate of drug-likeness (QED) is 0.433. The van der Waals surface area contributed by atoms with Gasteiger partial charge in [-0.1, -0.05) is 41.9 Å². The van der Waals surface area contributed by atoms with Crippen molar-refractivity contribution in [3.63, 3.8) is 0 Å². The monoisotopic (exact) mass is 566 g/mol. The van der Waals surface area contributed by atoms with Gasteiger partial charge in [0.2, 0.25) is 5.91 Å².